The van der Waals surface area contributed by atoms with Gasteiger partial charge in [0, 0.05) is 33.1 Å². The van der Waals surface area contributed by atoms with Crippen LogP contribution >= 0.6 is 0 Å². The predicted octanol–water partition coefficient (Wildman–Crippen LogP) is -0.392. The zero-order chi connectivity index (χ0) is 11.8. The number of hydrogen-bond acceptors (Lipinski definition) is 3. The lowest BCUT2D eigenvalue weighted by molar-refractivity contribution is -0.134. The van der Waals surface area contributed by atoms with Crippen molar-refractivity contribution in [2.45, 2.75) is 13.8 Å². The molecule has 0 spiro atoms. The van der Waals surface area contributed by atoms with E-state index in [4.69, 9.17) is 21.0 Å². The molecule has 1 fully saturated rings. The summed E-state index contributed by atoms with van der Waals surface area (Å²) in [6.45, 7) is 8.23. The van der Waals surface area contributed by atoms with Crippen LogP contribution < -0.4 is 5.73 Å². The van der Waals surface area contributed by atoms with Gasteiger partial charge in [-0.25, -0.2) is 0 Å². The second-order valence-corrected chi connectivity index (χ2v) is 3.33. The van der Waals surface area contributed by atoms with E-state index in [0.717, 1.165) is 39.6 Å². The summed E-state index contributed by atoms with van der Waals surface area (Å²) in [4.78, 5) is 13.3. The minimum Gasteiger partial charge on any atom is -0.481 e. The number of likely N-dealkylation sites (N-methyl/N-ethyl adjacent to an activating group) is 1. The van der Waals surface area contributed by atoms with Gasteiger partial charge in [-0.1, -0.05) is 6.92 Å². The van der Waals surface area contributed by atoms with Crippen LogP contribution in [0, 0.1) is 5.41 Å². The molecule has 4 N–H and O–H groups in total. The number of aliphatic carboxylic acids is 1. The van der Waals surface area contributed by atoms with Gasteiger partial charge in [-0.2, -0.15) is 0 Å². The third kappa shape index (κ3) is 6.73. The van der Waals surface area contributed by atoms with Crippen molar-refractivity contribution >= 4 is 11.9 Å². The van der Waals surface area contributed by atoms with Crippen LogP contribution in [0.2, 0.25) is 0 Å². The molecule has 6 nitrogen and oxygen atoms in total. The predicted molar refractivity (Wildman–Crippen MR) is 58.9 cm³/mol. The Hall–Kier alpha value is -1.30. The minimum absolute atomic E-state index is 0.209. The molecule has 0 atom stereocenters. The van der Waals surface area contributed by atoms with Crippen LogP contribution in [0.4, 0.5) is 0 Å². The van der Waals surface area contributed by atoms with Gasteiger partial charge in [-0.15, -0.1) is 0 Å². The normalized spacial score (nSPS) is 16.5. The first-order valence-electron chi connectivity index (χ1n) is 4.98. The second kappa shape index (κ2) is 7.05. The van der Waals surface area contributed by atoms with E-state index in [1.54, 1.807) is 0 Å². The van der Waals surface area contributed by atoms with Crippen molar-refractivity contribution in [2.75, 3.05) is 32.7 Å². The van der Waals surface area contributed by atoms with Crippen molar-refractivity contribution < 1.29 is 9.90 Å². The van der Waals surface area contributed by atoms with E-state index in [1.807, 2.05) is 4.90 Å². The number of carboxylic acid groups (broad SMARTS) is 1. The lowest BCUT2D eigenvalue weighted by Crippen LogP contribution is -2.50. The minimum atomic E-state index is -0.833. The van der Waals surface area contributed by atoms with Crippen LogP contribution in [0.25, 0.3) is 0 Å². The molecule has 0 unspecified atom stereocenters. The second-order valence-electron chi connectivity index (χ2n) is 3.33. The van der Waals surface area contributed by atoms with Crippen molar-refractivity contribution in [3.05, 3.63) is 0 Å². The molecule has 1 aliphatic heterocycles. The van der Waals surface area contributed by atoms with E-state index in [2.05, 4.69) is 11.8 Å². The molecule has 0 aliphatic carbocycles. The van der Waals surface area contributed by atoms with Gasteiger partial charge in [0.15, 0.2) is 5.96 Å². The lowest BCUT2D eigenvalue weighted by Gasteiger charge is -2.34. The number of guanidine groups is 1. The zero-order valence-electron chi connectivity index (χ0n) is 9.36. The highest BCUT2D eigenvalue weighted by atomic mass is 16.4. The molecular formula is C9H20N4O2. The van der Waals surface area contributed by atoms with Gasteiger partial charge in [0.1, 0.15) is 0 Å². The summed E-state index contributed by atoms with van der Waals surface area (Å²) in [5.41, 5.74) is 5.34. The van der Waals surface area contributed by atoms with Crippen LogP contribution in [-0.2, 0) is 4.79 Å². The maximum absolute atomic E-state index is 9.00. The molecule has 6 heteroatoms. The van der Waals surface area contributed by atoms with E-state index in [-0.39, 0.29) is 5.96 Å². The molecule has 0 aromatic rings. The number of nitrogens with zero attached hydrogens (tertiary/aromatic N) is 2. The van der Waals surface area contributed by atoms with Crippen molar-refractivity contribution in [3.8, 4) is 0 Å². The summed E-state index contributed by atoms with van der Waals surface area (Å²) < 4.78 is 0. The Morgan fingerprint density at radius 3 is 2.07 bits per heavy atom. The molecule has 1 aliphatic rings. The fourth-order valence-corrected chi connectivity index (χ4v) is 1.31. The SMILES string of the molecule is CC(=O)O.CCN1CCN(C(=N)N)CC1. The van der Waals surface area contributed by atoms with Crippen molar-refractivity contribution in [1.82, 2.24) is 9.80 Å². The first-order chi connectivity index (χ1) is 6.97. The average Bonchev–Trinajstić information content (AvgIpc) is 2.17. The number of carboxylic acids is 1. The Bertz CT molecular complexity index is 208. The number of rotatable bonds is 1. The van der Waals surface area contributed by atoms with Gasteiger partial charge in [0.2, 0.25) is 0 Å². The first-order valence-corrected chi connectivity index (χ1v) is 4.98. The molecule has 0 aromatic heterocycles. The van der Waals surface area contributed by atoms with E-state index < -0.39 is 5.97 Å². The van der Waals surface area contributed by atoms with Crippen molar-refractivity contribution in [2.24, 2.45) is 5.73 Å². The summed E-state index contributed by atoms with van der Waals surface area (Å²) in [6.07, 6.45) is 0. The summed E-state index contributed by atoms with van der Waals surface area (Å²) in [5, 5.41) is 14.6. The summed E-state index contributed by atoms with van der Waals surface area (Å²) >= 11 is 0. The Morgan fingerprint density at radius 1 is 1.40 bits per heavy atom. The zero-order valence-corrected chi connectivity index (χ0v) is 9.36. The Labute approximate surface area is 90.2 Å². The fourth-order valence-electron chi connectivity index (χ4n) is 1.31. The highest BCUT2D eigenvalue weighted by Gasteiger charge is 2.15. The van der Waals surface area contributed by atoms with E-state index >= 15 is 0 Å². The van der Waals surface area contributed by atoms with Crippen LogP contribution in [-0.4, -0.2) is 59.6 Å². The largest absolute Gasteiger partial charge is 0.481 e. The average molecular weight is 216 g/mol. The quantitative estimate of drug-likeness (QED) is 0.410. The molecule has 88 valence electrons. The van der Waals surface area contributed by atoms with Gasteiger partial charge in [0.25, 0.3) is 5.97 Å². The topological polar surface area (TPSA) is 93.6 Å². The van der Waals surface area contributed by atoms with Gasteiger partial charge in [-0.05, 0) is 6.54 Å². The van der Waals surface area contributed by atoms with Gasteiger partial charge >= 0.3 is 0 Å². The number of nitrogens with one attached hydrogen (secondary N) is 1. The van der Waals surface area contributed by atoms with Crippen LogP contribution in [0.15, 0.2) is 0 Å². The van der Waals surface area contributed by atoms with Crippen molar-refractivity contribution in [3.63, 3.8) is 0 Å². The highest BCUT2D eigenvalue weighted by molar-refractivity contribution is 5.74. The summed E-state index contributed by atoms with van der Waals surface area (Å²) in [7, 11) is 0. The van der Waals surface area contributed by atoms with Crippen molar-refractivity contribution in [1.29, 1.82) is 5.41 Å². The lowest BCUT2D eigenvalue weighted by atomic mass is 10.3. The molecular weight excluding hydrogens is 196 g/mol. The monoisotopic (exact) mass is 216 g/mol. The molecule has 1 rings (SSSR count). The Morgan fingerprint density at radius 2 is 1.80 bits per heavy atom. The van der Waals surface area contributed by atoms with Gasteiger partial charge < -0.3 is 20.6 Å². The first kappa shape index (κ1) is 13.7. The summed E-state index contributed by atoms with van der Waals surface area (Å²) in [6, 6.07) is 0. The highest BCUT2D eigenvalue weighted by Crippen LogP contribution is 1.99. The molecule has 1 heterocycles. The number of piperazine rings is 1. The third-order valence-electron chi connectivity index (χ3n) is 2.16. The molecule has 0 saturated carbocycles. The summed E-state index contributed by atoms with van der Waals surface area (Å²) in [5.74, 6) is -0.624. The molecule has 0 amide bonds. The molecule has 15 heavy (non-hydrogen) atoms. The maximum atomic E-state index is 9.00. The van der Waals surface area contributed by atoms with Crippen LogP contribution in [0.5, 0.6) is 0 Å². The van der Waals surface area contributed by atoms with Gasteiger partial charge in [0.05, 0.1) is 0 Å². The maximum Gasteiger partial charge on any atom is 0.300 e. The standard InChI is InChI=1S/C7H16N4.C2H4O2/c1-2-10-3-5-11(6-4-10)7(8)9;1-2(3)4/h2-6H2,1H3,(H3,8,9);1H3,(H,3,4). The van der Waals surface area contributed by atoms with E-state index in [0.29, 0.717) is 0 Å². The van der Waals surface area contributed by atoms with E-state index in [1.165, 1.54) is 0 Å². The number of hydrogen-bond donors (Lipinski definition) is 3. The smallest absolute Gasteiger partial charge is 0.300 e. The van der Waals surface area contributed by atoms with Gasteiger partial charge in [-0.3, -0.25) is 10.2 Å². The Kier molecular flexibility index (Phi) is 6.44. The third-order valence-corrected chi connectivity index (χ3v) is 2.16. The molecule has 0 aromatic carbocycles. The fraction of sp³-hybridized carbons (Fsp3) is 0.778. The molecule has 0 radical (unpaired) electrons. The Balaban J connectivity index is 0.000000423. The van der Waals surface area contributed by atoms with Crippen LogP contribution in [0.3, 0.4) is 0 Å². The number of carbonyl (C=O) groups is 1. The molecule has 0 bridgehead atoms. The number of nitrogens with two attached hydrogens (primary N) is 1. The molecule has 1 saturated heterocycles. The van der Waals surface area contributed by atoms with Crippen LogP contribution in [0.1, 0.15) is 13.8 Å². The van der Waals surface area contributed by atoms with E-state index in [9.17, 15) is 0 Å².